The molecule has 0 bridgehead atoms. The van der Waals surface area contributed by atoms with E-state index in [1.54, 1.807) is 6.20 Å². The van der Waals surface area contributed by atoms with Gasteiger partial charge >= 0.3 is 0 Å². The third kappa shape index (κ3) is 2.97. The van der Waals surface area contributed by atoms with Crippen molar-refractivity contribution in [1.29, 1.82) is 5.26 Å². The number of hydrogen-bond acceptors (Lipinski definition) is 7. The Kier molecular flexibility index (Phi) is 4.52. The van der Waals surface area contributed by atoms with E-state index in [9.17, 15) is 5.26 Å². The first kappa shape index (κ1) is 17.4. The van der Waals surface area contributed by atoms with Crippen molar-refractivity contribution >= 4 is 28.5 Å². The van der Waals surface area contributed by atoms with Crippen LogP contribution in [0.5, 0.6) is 0 Å². The molecule has 0 unspecified atom stereocenters. The van der Waals surface area contributed by atoms with Gasteiger partial charge in [-0.15, -0.1) is 0 Å². The molecule has 3 aromatic heterocycles. The Morgan fingerprint density at radius 2 is 1.82 bits per heavy atom. The summed E-state index contributed by atoms with van der Waals surface area (Å²) in [4.78, 5) is 19.4. The minimum Gasteiger partial charge on any atom is -0.382 e. The highest BCUT2D eigenvalue weighted by Gasteiger charge is 2.21. The predicted molar refractivity (Wildman–Crippen MR) is 109 cm³/mol. The molecule has 0 spiro atoms. The molecule has 0 atom stereocenters. The largest absolute Gasteiger partial charge is 0.382 e. The maximum atomic E-state index is 9.58. The molecule has 2 N–H and O–H groups in total. The van der Waals surface area contributed by atoms with Crippen molar-refractivity contribution in [2.75, 3.05) is 17.2 Å². The molecule has 1 aromatic carbocycles. The van der Waals surface area contributed by atoms with Crippen LogP contribution in [0.15, 0.2) is 61.1 Å². The first-order valence-corrected chi connectivity index (χ1v) is 8.82. The van der Waals surface area contributed by atoms with Crippen molar-refractivity contribution < 1.29 is 0 Å². The molecule has 0 aliphatic carbocycles. The van der Waals surface area contributed by atoms with Gasteiger partial charge in [0.15, 0.2) is 5.82 Å². The van der Waals surface area contributed by atoms with Crippen molar-refractivity contribution in [3.05, 3.63) is 66.6 Å². The summed E-state index contributed by atoms with van der Waals surface area (Å²) >= 11 is 0. The van der Waals surface area contributed by atoms with E-state index in [0.717, 1.165) is 22.2 Å². The maximum absolute atomic E-state index is 9.58. The molecule has 4 aromatic rings. The van der Waals surface area contributed by atoms with E-state index in [-0.39, 0.29) is 11.4 Å². The standard InChI is InChI=1S/C21H17N7/c1-2-28(20-16(12-22)19(23)25-13-26-20)21-15(14-7-4-3-5-8-14)11-18-17(27-21)9-6-10-24-18/h3-11,13H,2H2,1H3,(H2,23,25,26). The highest BCUT2D eigenvalue weighted by Crippen LogP contribution is 2.36. The number of aromatic nitrogens is 4. The monoisotopic (exact) mass is 367 g/mol. The van der Waals surface area contributed by atoms with Gasteiger partial charge in [-0.2, -0.15) is 5.26 Å². The molecule has 4 rings (SSSR count). The van der Waals surface area contributed by atoms with Gasteiger partial charge in [-0.05, 0) is 30.7 Å². The van der Waals surface area contributed by atoms with Crippen LogP contribution in [0.4, 0.5) is 17.5 Å². The number of fused-ring (bicyclic) bond motifs is 1. The van der Waals surface area contributed by atoms with Crippen molar-refractivity contribution in [3.8, 4) is 17.2 Å². The molecule has 0 saturated heterocycles. The molecule has 0 fully saturated rings. The minimum atomic E-state index is 0.148. The van der Waals surface area contributed by atoms with Crippen LogP contribution in [0.1, 0.15) is 12.5 Å². The zero-order chi connectivity index (χ0) is 19.5. The summed E-state index contributed by atoms with van der Waals surface area (Å²) in [6.07, 6.45) is 3.11. The number of nitrogen functional groups attached to an aromatic ring is 1. The van der Waals surface area contributed by atoms with E-state index < -0.39 is 0 Å². The molecule has 0 amide bonds. The number of pyridine rings is 2. The molecule has 0 saturated carbocycles. The van der Waals surface area contributed by atoms with Crippen molar-refractivity contribution in [1.82, 2.24) is 19.9 Å². The van der Waals surface area contributed by atoms with Crippen LogP contribution < -0.4 is 10.6 Å². The predicted octanol–water partition coefficient (Wildman–Crippen LogP) is 3.70. The third-order valence-corrected chi connectivity index (χ3v) is 4.45. The van der Waals surface area contributed by atoms with Crippen molar-refractivity contribution in [2.45, 2.75) is 6.92 Å². The SMILES string of the molecule is CCN(c1nc2cccnc2cc1-c1ccccc1)c1ncnc(N)c1C#N. The lowest BCUT2D eigenvalue weighted by Gasteiger charge is -2.25. The average molecular weight is 367 g/mol. The summed E-state index contributed by atoms with van der Waals surface area (Å²) in [5.74, 6) is 1.27. The summed E-state index contributed by atoms with van der Waals surface area (Å²) in [5.41, 5.74) is 9.59. The quantitative estimate of drug-likeness (QED) is 0.586. The van der Waals surface area contributed by atoms with Crippen LogP contribution in [0.2, 0.25) is 0 Å². The second-order valence-corrected chi connectivity index (χ2v) is 6.08. The van der Waals surface area contributed by atoms with Gasteiger partial charge in [0, 0.05) is 18.3 Å². The summed E-state index contributed by atoms with van der Waals surface area (Å²) in [6.45, 7) is 2.52. The number of hydrogen-bond donors (Lipinski definition) is 1. The first-order chi connectivity index (χ1) is 13.7. The molecular formula is C21H17N7. The van der Waals surface area contributed by atoms with Gasteiger partial charge in [0.2, 0.25) is 0 Å². The van der Waals surface area contributed by atoms with Crippen LogP contribution in [-0.2, 0) is 0 Å². The second kappa shape index (κ2) is 7.29. The molecule has 0 aliphatic rings. The molecule has 136 valence electrons. The van der Waals surface area contributed by atoms with Crippen molar-refractivity contribution in [2.24, 2.45) is 0 Å². The fourth-order valence-corrected chi connectivity index (χ4v) is 3.13. The molecule has 28 heavy (non-hydrogen) atoms. The van der Waals surface area contributed by atoms with Gasteiger partial charge in [0.1, 0.15) is 29.6 Å². The Balaban J connectivity index is 2.01. The van der Waals surface area contributed by atoms with Gasteiger partial charge in [0.05, 0.1) is 11.0 Å². The summed E-state index contributed by atoms with van der Waals surface area (Å²) in [7, 11) is 0. The lowest BCUT2D eigenvalue weighted by atomic mass is 10.0. The zero-order valence-corrected chi connectivity index (χ0v) is 15.2. The van der Waals surface area contributed by atoms with Crippen LogP contribution in [-0.4, -0.2) is 26.5 Å². The number of anilines is 3. The van der Waals surface area contributed by atoms with E-state index in [1.807, 2.05) is 60.4 Å². The topological polar surface area (TPSA) is 105 Å². The first-order valence-electron chi connectivity index (χ1n) is 8.82. The molecule has 7 nitrogen and oxygen atoms in total. The second-order valence-electron chi connectivity index (χ2n) is 6.08. The Labute approximate surface area is 162 Å². The fraction of sp³-hybridized carbons (Fsp3) is 0.0952. The van der Waals surface area contributed by atoms with E-state index in [1.165, 1.54) is 6.33 Å². The molecule has 0 aliphatic heterocycles. The van der Waals surface area contributed by atoms with Gasteiger partial charge < -0.3 is 10.6 Å². The van der Waals surface area contributed by atoms with E-state index in [2.05, 4.69) is 21.0 Å². The van der Waals surface area contributed by atoms with Gasteiger partial charge in [0.25, 0.3) is 0 Å². The number of nitrogens with zero attached hydrogens (tertiary/aromatic N) is 6. The molecular weight excluding hydrogens is 350 g/mol. The third-order valence-electron chi connectivity index (χ3n) is 4.45. The van der Waals surface area contributed by atoms with E-state index in [0.29, 0.717) is 18.2 Å². The highest BCUT2D eigenvalue weighted by atomic mass is 15.2. The van der Waals surface area contributed by atoms with Crippen molar-refractivity contribution in [3.63, 3.8) is 0 Å². The van der Waals surface area contributed by atoms with Crippen LogP contribution >= 0.6 is 0 Å². The summed E-state index contributed by atoms with van der Waals surface area (Å²) in [6, 6.07) is 17.8. The lowest BCUT2D eigenvalue weighted by Crippen LogP contribution is -2.21. The van der Waals surface area contributed by atoms with Crippen LogP contribution in [0, 0.1) is 11.3 Å². The minimum absolute atomic E-state index is 0.148. The van der Waals surface area contributed by atoms with Crippen LogP contribution in [0.25, 0.3) is 22.2 Å². The molecule has 7 heteroatoms. The van der Waals surface area contributed by atoms with Gasteiger partial charge in [-0.3, -0.25) is 4.98 Å². The smallest absolute Gasteiger partial charge is 0.157 e. The lowest BCUT2D eigenvalue weighted by molar-refractivity contribution is 0.954. The summed E-state index contributed by atoms with van der Waals surface area (Å²) in [5, 5.41) is 9.58. The summed E-state index contributed by atoms with van der Waals surface area (Å²) < 4.78 is 0. The van der Waals surface area contributed by atoms with Crippen LogP contribution in [0.3, 0.4) is 0 Å². The maximum Gasteiger partial charge on any atom is 0.157 e. The highest BCUT2D eigenvalue weighted by molar-refractivity contribution is 5.89. The van der Waals surface area contributed by atoms with E-state index in [4.69, 9.17) is 10.7 Å². The normalized spacial score (nSPS) is 10.6. The number of benzene rings is 1. The zero-order valence-electron chi connectivity index (χ0n) is 15.2. The Morgan fingerprint density at radius 1 is 1.00 bits per heavy atom. The average Bonchev–Trinajstić information content (AvgIpc) is 2.74. The number of rotatable bonds is 4. The Hall–Kier alpha value is -4.05. The molecule has 0 radical (unpaired) electrons. The molecule has 3 heterocycles. The fourth-order valence-electron chi connectivity index (χ4n) is 3.13. The van der Waals surface area contributed by atoms with Gasteiger partial charge in [-0.25, -0.2) is 15.0 Å². The Bertz CT molecular complexity index is 1180. The number of nitriles is 1. The Morgan fingerprint density at radius 3 is 2.57 bits per heavy atom. The van der Waals surface area contributed by atoms with E-state index >= 15 is 0 Å². The number of nitrogens with two attached hydrogens (primary N) is 1. The van der Waals surface area contributed by atoms with Gasteiger partial charge in [-0.1, -0.05) is 30.3 Å².